The average Bonchev–Trinajstić information content (AvgIpc) is 2.60. The van der Waals surface area contributed by atoms with E-state index >= 15 is 0 Å². The molecule has 0 amide bonds. The van der Waals surface area contributed by atoms with E-state index in [1.165, 1.54) is 89.9 Å². The molecule has 164 valence electrons. The van der Waals surface area contributed by atoms with Crippen LogP contribution in [0, 0.1) is 0 Å². The second kappa shape index (κ2) is 19.2. The Hall–Kier alpha value is -0.170. The third kappa shape index (κ3) is 22.0. The molecular formula is C21H45NO4S. The average molecular weight is 408 g/mol. The van der Waals surface area contributed by atoms with Crippen LogP contribution >= 0.6 is 0 Å². The van der Waals surface area contributed by atoms with E-state index in [1.54, 1.807) is 4.90 Å². The van der Waals surface area contributed by atoms with Crippen LogP contribution in [0.15, 0.2) is 0 Å². The lowest BCUT2D eigenvalue weighted by Crippen LogP contribution is -2.33. The van der Waals surface area contributed by atoms with Gasteiger partial charge in [-0.25, -0.2) is 0 Å². The van der Waals surface area contributed by atoms with Crippen LogP contribution in [0.25, 0.3) is 0 Å². The summed E-state index contributed by atoms with van der Waals surface area (Å²) in [6.45, 7) is 3.08. The minimum Gasteiger partial charge on any atom is -0.395 e. The van der Waals surface area contributed by atoms with E-state index < -0.39 is 10.1 Å². The van der Waals surface area contributed by atoms with Crippen LogP contribution in [-0.2, 0) is 10.1 Å². The molecule has 6 heteroatoms. The molecule has 0 heterocycles. The van der Waals surface area contributed by atoms with E-state index in [9.17, 15) is 8.42 Å². The Kier molecular flexibility index (Phi) is 19.0. The minimum absolute atomic E-state index is 0.0889. The predicted octanol–water partition coefficient (Wildman–Crippen LogP) is 5.39. The normalized spacial score (nSPS) is 12.1. The number of aliphatic hydroxyl groups is 1. The van der Waals surface area contributed by atoms with Gasteiger partial charge in [-0.3, -0.25) is 9.45 Å². The summed E-state index contributed by atoms with van der Waals surface area (Å²) in [4.78, 5) is 1.60. The Morgan fingerprint density at radius 2 is 1.00 bits per heavy atom. The lowest BCUT2D eigenvalue weighted by molar-refractivity contribution is 0.208. The van der Waals surface area contributed by atoms with Gasteiger partial charge in [0.25, 0.3) is 10.1 Å². The fourth-order valence-corrected chi connectivity index (χ4v) is 4.22. The first kappa shape index (κ1) is 26.8. The van der Waals surface area contributed by atoms with Crippen molar-refractivity contribution in [3.63, 3.8) is 0 Å². The second-order valence-corrected chi connectivity index (χ2v) is 9.28. The zero-order valence-corrected chi connectivity index (χ0v) is 18.5. The van der Waals surface area contributed by atoms with Crippen molar-refractivity contribution in [2.75, 3.05) is 25.6 Å². The van der Waals surface area contributed by atoms with Crippen molar-refractivity contribution in [3.8, 4) is 0 Å². The SMILES string of the molecule is CCCCCCCCCCCCCCCCCCN(CCO)CS(=O)(=O)O. The van der Waals surface area contributed by atoms with Crippen LogP contribution < -0.4 is 0 Å². The van der Waals surface area contributed by atoms with Gasteiger partial charge in [-0.1, -0.05) is 103 Å². The van der Waals surface area contributed by atoms with E-state index in [1.807, 2.05) is 0 Å². The first-order chi connectivity index (χ1) is 13.0. The first-order valence-electron chi connectivity index (χ1n) is 11.3. The highest BCUT2D eigenvalue weighted by molar-refractivity contribution is 7.85. The van der Waals surface area contributed by atoms with E-state index in [0.717, 1.165) is 12.8 Å². The fourth-order valence-electron chi connectivity index (χ4n) is 3.50. The van der Waals surface area contributed by atoms with Crippen molar-refractivity contribution in [1.29, 1.82) is 0 Å². The first-order valence-corrected chi connectivity index (χ1v) is 12.9. The smallest absolute Gasteiger partial charge is 0.278 e. The van der Waals surface area contributed by atoms with Gasteiger partial charge < -0.3 is 5.11 Å². The molecular weight excluding hydrogens is 362 g/mol. The van der Waals surface area contributed by atoms with Gasteiger partial charge in [-0.15, -0.1) is 0 Å². The van der Waals surface area contributed by atoms with Gasteiger partial charge in [0.05, 0.1) is 6.61 Å². The lowest BCUT2D eigenvalue weighted by atomic mass is 10.0. The van der Waals surface area contributed by atoms with Crippen molar-refractivity contribution in [3.05, 3.63) is 0 Å². The molecule has 0 aliphatic rings. The largest absolute Gasteiger partial charge is 0.395 e. The van der Waals surface area contributed by atoms with Crippen LogP contribution in [0.3, 0.4) is 0 Å². The van der Waals surface area contributed by atoms with Gasteiger partial charge in [0.15, 0.2) is 0 Å². The molecule has 0 aromatic heterocycles. The summed E-state index contributed by atoms with van der Waals surface area (Å²) >= 11 is 0. The molecule has 0 saturated carbocycles. The molecule has 2 N–H and O–H groups in total. The molecule has 0 radical (unpaired) electrons. The monoisotopic (exact) mass is 407 g/mol. The summed E-state index contributed by atoms with van der Waals surface area (Å²) < 4.78 is 30.7. The van der Waals surface area contributed by atoms with Gasteiger partial charge in [0, 0.05) is 6.54 Å². The number of hydrogen-bond donors (Lipinski definition) is 2. The maximum atomic E-state index is 10.9. The molecule has 0 aromatic rings. The van der Waals surface area contributed by atoms with Crippen molar-refractivity contribution >= 4 is 10.1 Å². The Morgan fingerprint density at radius 1 is 0.630 bits per heavy atom. The number of aliphatic hydroxyl groups excluding tert-OH is 1. The summed E-state index contributed by atoms with van der Waals surface area (Å²) in [5, 5.41) is 8.95. The standard InChI is InChI=1S/C21H45NO4S/c1-2-3-4-5-6-7-8-9-10-11-12-13-14-15-16-17-18-22(19-20-23)21-27(24,25)26/h23H,2-21H2,1H3,(H,24,25,26). The van der Waals surface area contributed by atoms with Crippen LogP contribution in [0.1, 0.15) is 110 Å². The van der Waals surface area contributed by atoms with Crippen LogP contribution in [0.5, 0.6) is 0 Å². The molecule has 5 nitrogen and oxygen atoms in total. The number of rotatable bonds is 21. The zero-order chi connectivity index (χ0) is 20.2. The Morgan fingerprint density at radius 3 is 1.33 bits per heavy atom. The fraction of sp³-hybridized carbons (Fsp3) is 1.00. The van der Waals surface area contributed by atoms with Crippen LogP contribution in [0.4, 0.5) is 0 Å². The molecule has 0 saturated heterocycles. The summed E-state index contributed by atoms with van der Waals surface area (Å²) in [5.41, 5.74) is 0. The second-order valence-electron chi connectivity index (χ2n) is 7.86. The van der Waals surface area contributed by atoms with E-state index in [-0.39, 0.29) is 12.5 Å². The quantitative estimate of drug-likeness (QED) is 0.197. The van der Waals surface area contributed by atoms with Gasteiger partial charge >= 0.3 is 0 Å². The van der Waals surface area contributed by atoms with Gasteiger partial charge in [-0.2, -0.15) is 8.42 Å². The summed E-state index contributed by atoms with van der Waals surface area (Å²) in [7, 11) is -4.00. The highest BCUT2D eigenvalue weighted by Crippen LogP contribution is 2.13. The predicted molar refractivity (Wildman–Crippen MR) is 115 cm³/mol. The highest BCUT2D eigenvalue weighted by atomic mass is 32.2. The topological polar surface area (TPSA) is 77.8 Å². The molecule has 0 unspecified atom stereocenters. The third-order valence-corrected chi connectivity index (χ3v) is 5.78. The summed E-state index contributed by atoms with van der Waals surface area (Å²) in [6, 6.07) is 0. The van der Waals surface area contributed by atoms with Crippen LogP contribution in [0.2, 0.25) is 0 Å². The van der Waals surface area contributed by atoms with E-state index in [0.29, 0.717) is 13.1 Å². The van der Waals surface area contributed by atoms with Crippen molar-refractivity contribution < 1.29 is 18.1 Å². The third-order valence-electron chi connectivity index (χ3n) is 5.09. The zero-order valence-electron chi connectivity index (χ0n) is 17.7. The van der Waals surface area contributed by atoms with Gasteiger partial charge in [0.2, 0.25) is 0 Å². The van der Waals surface area contributed by atoms with Gasteiger partial charge in [-0.05, 0) is 13.0 Å². The summed E-state index contributed by atoms with van der Waals surface area (Å²) in [6.07, 6.45) is 20.9. The number of unbranched alkanes of at least 4 members (excludes halogenated alkanes) is 15. The molecule has 0 atom stereocenters. The van der Waals surface area contributed by atoms with Gasteiger partial charge in [0.1, 0.15) is 5.88 Å². The molecule has 27 heavy (non-hydrogen) atoms. The maximum Gasteiger partial charge on any atom is 0.278 e. The molecule has 0 rings (SSSR count). The molecule has 0 aromatic carbocycles. The molecule has 0 spiro atoms. The molecule has 0 fully saturated rings. The maximum absolute atomic E-state index is 10.9. The molecule has 0 bridgehead atoms. The van der Waals surface area contributed by atoms with Crippen molar-refractivity contribution in [2.45, 2.75) is 110 Å². The van der Waals surface area contributed by atoms with E-state index in [2.05, 4.69) is 6.92 Å². The highest BCUT2D eigenvalue weighted by Gasteiger charge is 2.12. The minimum atomic E-state index is -4.00. The molecule has 0 aliphatic heterocycles. The Balaban J connectivity index is 3.32. The Labute approximate surface area is 168 Å². The number of nitrogens with zero attached hydrogens (tertiary/aromatic N) is 1. The van der Waals surface area contributed by atoms with Crippen LogP contribution in [-0.4, -0.2) is 48.6 Å². The number of hydrogen-bond acceptors (Lipinski definition) is 4. The van der Waals surface area contributed by atoms with E-state index in [4.69, 9.17) is 9.66 Å². The Bertz CT molecular complexity index is 401. The lowest BCUT2D eigenvalue weighted by Gasteiger charge is -2.19. The van der Waals surface area contributed by atoms with Crippen molar-refractivity contribution in [2.24, 2.45) is 0 Å². The molecule has 0 aliphatic carbocycles. The van der Waals surface area contributed by atoms with Crippen molar-refractivity contribution in [1.82, 2.24) is 4.90 Å². The summed E-state index contributed by atoms with van der Waals surface area (Å²) in [5.74, 6) is -0.383.